The Balaban J connectivity index is 1.84. The van der Waals surface area contributed by atoms with Gasteiger partial charge in [0.2, 0.25) is 0 Å². The Labute approximate surface area is 195 Å². The maximum atomic E-state index is 12.7. The highest BCUT2D eigenvalue weighted by molar-refractivity contribution is 5.99. The summed E-state index contributed by atoms with van der Waals surface area (Å²) < 4.78 is 6.75. The van der Waals surface area contributed by atoms with Gasteiger partial charge in [0, 0.05) is 23.6 Å². The Morgan fingerprint density at radius 3 is 2.42 bits per heavy atom. The number of anilines is 2. The summed E-state index contributed by atoms with van der Waals surface area (Å²) in [4.78, 5) is 24.4. The number of benzene rings is 2. The Bertz CT molecular complexity index is 1110. The zero-order chi connectivity index (χ0) is 24.0. The number of amides is 2. The number of carbonyl (C=O) groups is 2. The highest BCUT2D eigenvalue weighted by Gasteiger charge is 2.21. The van der Waals surface area contributed by atoms with Crippen LogP contribution in [0.3, 0.4) is 0 Å². The topological polar surface area (TPSA) is 85.2 Å². The molecule has 7 heteroatoms. The third-order valence-electron chi connectivity index (χ3n) is 5.11. The van der Waals surface area contributed by atoms with Crippen LogP contribution in [0, 0.1) is 6.92 Å². The fourth-order valence-corrected chi connectivity index (χ4v) is 3.27. The van der Waals surface area contributed by atoms with Gasteiger partial charge in [-0.15, -0.1) is 0 Å². The number of aromatic nitrogens is 2. The molecule has 174 valence electrons. The summed E-state index contributed by atoms with van der Waals surface area (Å²) in [6, 6.07) is 16.9. The normalized spacial score (nSPS) is 11.2. The average molecular weight is 449 g/mol. The van der Waals surface area contributed by atoms with E-state index in [1.165, 1.54) is 0 Å². The number of nitrogens with zero attached hydrogens (tertiary/aromatic N) is 2. The van der Waals surface area contributed by atoms with Crippen LogP contribution in [-0.4, -0.2) is 28.4 Å². The zero-order valence-corrected chi connectivity index (χ0v) is 19.9. The maximum Gasteiger partial charge on any atom is 0.324 e. The minimum Gasteiger partial charge on any atom is -0.466 e. The second-order valence-electron chi connectivity index (χ2n) is 9.00. The summed E-state index contributed by atoms with van der Waals surface area (Å²) in [5.41, 5.74) is 4.28. The molecule has 0 atom stereocenters. The van der Waals surface area contributed by atoms with Gasteiger partial charge in [-0.1, -0.05) is 50.6 Å². The molecule has 1 aromatic heterocycles. The number of rotatable bonds is 7. The van der Waals surface area contributed by atoms with Crippen molar-refractivity contribution in [2.24, 2.45) is 0 Å². The number of hydrogen-bond acceptors (Lipinski definition) is 4. The van der Waals surface area contributed by atoms with E-state index in [1.54, 1.807) is 11.6 Å². The minimum atomic E-state index is -0.348. The molecule has 2 N–H and O–H groups in total. The van der Waals surface area contributed by atoms with Gasteiger partial charge in [0.15, 0.2) is 0 Å². The van der Waals surface area contributed by atoms with Crippen LogP contribution >= 0.6 is 0 Å². The van der Waals surface area contributed by atoms with Gasteiger partial charge in [-0.3, -0.25) is 10.1 Å². The van der Waals surface area contributed by atoms with Crippen molar-refractivity contribution in [2.45, 2.75) is 52.9 Å². The van der Waals surface area contributed by atoms with E-state index in [-0.39, 0.29) is 17.4 Å². The molecular weight excluding hydrogens is 416 g/mol. The van der Waals surface area contributed by atoms with E-state index in [9.17, 15) is 9.59 Å². The molecular formula is C26H32N4O3. The molecule has 2 aromatic carbocycles. The van der Waals surface area contributed by atoms with Crippen LogP contribution in [-0.2, 0) is 21.4 Å². The van der Waals surface area contributed by atoms with Gasteiger partial charge in [0.1, 0.15) is 5.82 Å². The first-order valence-corrected chi connectivity index (χ1v) is 11.2. The molecule has 0 radical (unpaired) electrons. The summed E-state index contributed by atoms with van der Waals surface area (Å²) in [5.74, 6) is 0.347. The molecule has 0 bridgehead atoms. The van der Waals surface area contributed by atoms with Crippen LogP contribution in [0.4, 0.5) is 16.3 Å². The smallest absolute Gasteiger partial charge is 0.324 e. The SMILES string of the molecule is CCOC(=O)CCc1cccc(-n2nc(C(C)(C)C)cc2NC(=O)Nc2ccc(C)cc2)c1. The molecule has 3 aromatic rings. The van der Waals surface area contributed by atoms with Gasteiger partial charge in [0.25, 0.3) is 0 Å². The first-order chi connectivity index (χ1) is 15.7. The maximum absolute atomic E-state index is 12.7. The van der Waals surface area contributed by atoms with Crippen LogP contribution in [0.2, 0.25) is 0 Å². The number of aryl methyl sites for hydroxylation is 2. The van der Waals surface area contributed by atoms with Crippen LogP contribution in [0.1, 0.15) is 50.9 Å². The summed E-state index contributed by atoms with van der Waals surface area (Å²) >= 11 is 0. The van der Waals surface area contributed by atoms with Gasteiger partial charge in [0.05, 0.1) is 18.0 Å². The molecule has 0 saturated heterocycles. The highest BCUT2D eigenvalue weighted by atomic mass is 16.5. The third kappa shape index (κ3) is 6.68. The van der Waals surface area contributed by atoms with Crippen LogP contribution < -0.4 is 10.6 Å². The minimum absolute atomic E-state index is 0.198. The predicted octanol–water partition coefficient (Wildman–Crippen LogP) is 5.62. The molecule has 0 aliphatic rings. The number of nitrogens with one attached hydrogen (secondary N) is 2. The first kappa shape index (κ1) is 24.0. The average Bonchev–Trinajstić information content (AvgIpc) is 3.18. The van der Waals surface area contributed by atoms with Crippen LogP contribution in [0.15, 0.2) is 54.6 Å². The lowest BCUT2D eigenvalue weighted by molar-refractivity contribution is -0.143. The van der Waals surface area contributed by atoms with Crippen molar-refractivity contribution in [3.05, 3.63) is 71.4 Å². The number of ether oxygens (including phenoxy) is 1. The van der Waals surface area contributed by atoms with Crippen molar-refractivity contribution in [2.75, 3.05) is 17.2 Å². The van der Waals surface area contributed by atoms with Gasteiger partial charge in [-0.05, 0) is 50.1 Å². The van der Waals surface area contributed by atoms with Crippen molar-refractivity contribution in [3.8, 4) is 5.69 Å². The quantitative estimate of drug-likeness (QED) is 0.460. The van der Waals surface area contributed by atoms with Crippen LogP contribution in [0.5, 0.6) is 0 Å². The van der Waals surface area contributed by atoms with E-state index < -0.39 is 0 Å². The van der Waals surface area contributed by atoms with Gasteiger partial charge < -0.3 is 10.1 Å². The zero-order valence-electron chi connectivity index (χ0n) is 19.9. The molecule has 0 fully saturated rings. The molecule has 0 spiro atoms. The molecule has 2 amide bonds. The fourth-order valence-electron chi connectivity index (χ4n) is 3.27. The lowest BCUT2D eigenvalue weighted by Gasteiger charge is -2.14. The van der Waals surface area contributed by atoms with Crippen molar-refractivity contribution in [1.82, 2.24) is 9.78 Å². The van der Waals surface area contributed by atoms with E-state index in [0.717, 1.165) is 22.5 Å². The van der Waals surface area contributed by atoms with E-state index in [2.05, 4.69) is 31.4 Å². The van der Waals surface area contributed by atoms with Gasteiger partial charge in [-0.25, -0.2) is 9.48 Å². The predicted molar refractivity (Wildman–Crippen MR) is 131 cm³/mol. The van der Waals surface area contributed by atoms with Crippen molar-refractivity contribution in [1.29, 1.82) is 0 Å². The van der Waals surface area contributed by atoms with Gasteiger partial charge in [-0.2, -0.15) is 5.10 Å². The van der Waals surface area contributed by atoms with E-state index >= 15 is 0 Å². The molecule has 3 rings (SSSR count). The Kier molecular flexibility index (Phi) is 7.53. The monoisotopic (exact) mass is 448 g/mol. The molecule has 0 saturated carbocycles. The second-order valence-corrected chi connectivity index (χ2v) is 9.00. The molecule has 0 aliphatic carbocycles. The van der Waals surface area contributed by atoms with Crippen molar-refractivity contribution in [3.63, 3.8) is 0 Å². The van der Waals surface area contributed by atoms with E-state index in [1.807, 2.05) is 61.5 Å². The number of urea groups is 1. The summed E-state index contributed by atoms with van der Waals surface area (Å²) in [5, 5.41) is 10.6. The molecule has 7 nitrogen and oxygen atoms in total. The Morgan fingerprint density at radius 1 is 1.03 bits per heavy atom. The largest absolute Gasteiger partial charge is 0.466 e. The Hall–Kier alpha value is -3.61. The summed E-state index contributed by atoms with van der Waals surface area (Å²) in [6.07, 6.45) is 0.879. The summed E-state index contributed by atoms with van der Waals surface area (Å²) in [7, 11) is 0. The van der Waals surface area contributed by atoms with Crippen molar-refractivity contribution >= 4 is 23.5 Å². The molecule has 1 heterocycles. The Morgan fingerprint density at radius 2 is 1.76 bits per heavy atom. The van der Waals surface area contributed by atoms with Crippen LogP contribution in [0.25, 0.3) is 5.69 Å². The molecule has 0 aliphatic heterocycles. The summed E-state index contributed by atoms with van der Waals surface area (Å²) in [6.45, 7) is 10.4. The number of esters is 1. The highest BCUT2D eigenvalue weighted by Crippen LogP contribution is 2.27. The van der Waals surface area contributed by atoms with E-state index in [4.69, 9.17) is 9.84 Å². The fraction of sp³-hybridized carbons (Fsp3) is 0.346. The molecule has 33 heavy (non-hydrogen) atoms. The first-order valence-electron chi connectivity index (χ1n) is 11.2. The second kappa shape index (κ2) is 10.3. The number of hydrogen-bond donors (Lipinski definition) is 2. The number of carbonyl (C=O) groups excluding carboxylic acids is 2. The van der Waals surface area contributed by atoms with Crippen molar-refractivity contribution < 1.29 is 14.3 Å². The lowest BCUT2D eigenvalue weighted by Crippen LogP contribution is -2.21. The van der Waals surface area contributed by atoms with E-state index in [0.29, 0.717) is 31.0 Å². The van der Waals surface area contributed by atoms with Gasteiger partial charge >= 0.3 is 12.0 Å². The third-order valence-corrected chi connectivity index (χ3v) is 5.11. The standard InChI is InChI=1S/C26H32N4O3/c1-6-33-24(31)15-12-19-8-7-9-21(16-19)30-23(17-22(29-30)26(3,4)5)28-25(32)27-20-13-10-18(2)11-14-20/h7-11,13-14,16-17H,6,12,15H2,1-5H3,(H2,27,28,32). The lowest BCUT2D eigenvalue weighted by atomic mass is 9.92. The molecule has 0 unspecified atom stereocenters.